The van der Waals surface area contributed by atoms with Gasteiger partial charge in [-0.05, 0) is 65.7 Å². The summed E-state index contributed by atoms with van der Waals surface area (Å²) < 4.78 is 0. The molecule has 120 valence electrons. The molecule has 0 saturated heterocycles. The van der Waals surface area contributed by atoms with Gasteiger partial charge in [0, 0.05) is 6.42 Å². The summed E-state index contributed by atoms with van der Waals surface area (Å²) in [5.74, 6) is 0.723. The molecular formula is C18H24O4. The Morgan fingerprint density at radius 2 is 1.86 bits per heavy atom. The zero-order valence-corrected chi connectivity index (χ0v) is 12.8. The largest absolute Gasteiger partial charge is 0.508 e. The van der Waals surface area contributed by atoms with Crippen molar-refractivity contribution in [3.63, 3.8) is 0 Å². The number of phenols is 1. The normalized spacial score (nSPS) is 46.7. The Hall–Kier alpha value is -1.10. The second kappa shape index (κ2) is 4.70. The van der Waals surface area contributed by atoms with E-state index < -0.39 is 18.3 Å². The molecule has 0 bridgehead atoms. The Morgan fingerprint density at radius 1 is 1.09 bits per heavy atom. The lowest BCUT2D eigenvalue weighted by Crippen LogP contribution is -2.46. The van der Waals surface area contributed by atoms with E-state index in [1.54, 1.807) is 12.1 Å². The summed E-state index contributed by atoms with van der Waals surface area (Å²) >= 11 is 0. The highest BCUT2D eigenvalue weighted by Gasteiger charge is 2.59. The van der Waals surface area contributed by atoms with Gasteiger partial charge in [0.1, 0.15) is 5.75 Å². The van der Waals surface area contributed by atoms with Crippen LogP contribution in [0.2, 0.25) is 0 Å². The van der Waals surface area contributed by atoms with Gasteiger partial charge in [-0.3, -0.25) is 0 Å². The number of fused-ring (bicyclic) bond motifs is 5. The molecule has 2 saturated carbocycles. The maximum atomic E-state index is 10.5. The van der Waals surface area contributed by atoms with Gasteiger partial charge in [-0.1, -0.05) is 13.0 Å². The van der Waals surface area contributed by atoms with Gasteiger partial charge >= 0.3 is 0 Å². The molecule has 22 heavy (non-hydrogen) atoms. The quantitative estimate of drug-likeness (QED) is 0.591. The lowest BCUT2D eigenvalue weighted by Gasteiger charge is -2.51. The summed E-state index contributed by atoms with van der Waals surface area (Å²) in [5, 5.41) is 41.1. The van der Waals surface area contributed by atoms with Gasteiger partial charge in [0.15, 0.2) is 0 Å². The highest BCUT2D eigenvalue weighted by Crippen LogP contribution is 2.62. The van der Waals surface area contributed by atoms with Crippen LogP contribution in [0.4, 0.5) is 0 Å². The third-order valence-corrected chi connectivity index (χ3v) is 6.70. The number of aliphatic hydroxyl groups is 3. The van der Waals surface area contributed by atoms with E-state index in [1.807, 2.05) is 6.07 Å². The number of aromatic hydroxyl groups is 1. The molecule has 4 rings (SSSR count). The smallest absolute Gasteiger partial charge is 0.115 e. The molecule has 0 unspecified atom stereocenters. The summed E-state index contributed by atoms with van der Waals surface area (Å²) in [6.07, 6.45) is 1.37. The first-order valence-electron chi connectivity index (χ1n) is 8.29. The highest BCUT2D eigenvalue weighted by molar-refractivity contribution is 5.41. The molecule has 0 aliphatic heterocycles. The molecule has 0 spiro atoms. The molecule has 0 amide bonds. The van der Waals surface area contributed by atoms with Gasteiger partial charge in [-0.15, -0.1) is 0 Å². The van der Waals surface area contributed by atoms with Crippen molar-refractivity contribution >= 4 is 0 Å². The predicted octanol–water partition coefficient (Wildman–Crippen LogP) is 2.07. The van der Waals surface area contributed by atoms with Gasteiger partial charge < -0.3 is 20.4 Å². The number of hydrogen-bond donors (Lipinski definition) is 4. The van der Waals surface area contributed by atoms with Crippen LogP contribution < -0.4 is 0 Å². The van der Waals surface area contributed by atoms with E-state index in [-0.39, 0.29) is 23.0 Å². The summed E-state index contributed by atoms with van der Waals surface area (Å²) in [7, 11) is 0. The molecule has 1 aromatic rings. The molecule has 7 atom stereocenters. The van der Waals surface area contributed by atoms with Gasteiger partial charge in [0.25, 0.3) is 0 Å². The molecular weight excluding hydrogens is 280 g/mol. The lowest BCUT2D eigenvalue weighted by molar-refractivity contribution is -0.0586. The monoisotopic (exact) mass is 304 g/mol. The van der Waals surface area contributed by atoms with Crippen molar-refractivity contribution < 1.29 is 20.4 Å². The minimum Gasteiger partial charge on any atom is -0.508 e. The topological polar surface area (TPSA) is 80.9 Å². The molecule has 0 aromatic heterocycles. The van der Waals surface area contributed by atoms with E-state index in [9.17, 15) is 20.4 Å². The van der Waals surface area contributed by atoms with Gasteiger partial charge in [-0.2, -0.15) is 0 Å². The first kappa shape index (κ1) is 14.5. The van der Waals surface area contributed by atoms with Crippen LogP contribution >= 0.6 is 0 Å². The van der Waals surface area contributed by atoms with Crippen LogP contribution in [0, 0.1) is 17.3 Å². The van der Waals surface area contributed by atoms with Gasteiger partial charge in [0.05, 0.1) is 18.3 Å². The van der Waals surface area contributed by atoms with Crippen LogP contribution in [-0.4, -0.2) is 32.6 Å². The van der Waals surface area contributed by atoms with E-state index in [4.69, 9.17) is 0 Å². The standard InChI is InChI=1S/C18H24O4/c1-18-5-4-11-10-3-2-9(19)6-12(10)14(20)7-13(11)17(18)15(21)8-16(18)22/h2-3,6,11,13-17,19-22H,4-5,7-8H2,1H3/t11-,13-,14-,15-,16+,17-,18-/m1/s1. The summed E-state index contributed by atoms with van der Waals surface area (Å²) in [6.45, 7) is 2.09. The van der Waals surface area contributed by atoms with Crippen molar-refractivity contribution in [2.24, 2.45) is 17.3 Å². The van der Waals surface area contributed by atoms with Gasteiger partial charge in [-0.25, -0.2) is 0 Å². The maximum absolute atomic E-state index is 10.5. The SMILES string of the molecule is C[C@]12CC[C@@H]3c4ccc(O)cc4[C@H](O)C[C@H]3[C@@H]1[C@H](O)C[C@@H]2O. The van der Waals surface area contributed by atoms with Crippen molar-refractivity contribution in [1.29, 1.82) is 0 Å². The summed E-state index contributed by atoms with van der Waals surface area (Å²) in [6, 6.07) is 5.27. The van der Waals surface area contributed by atoms with Crippen LogP contribution in [-0.2, 0) is 0 Å². The molecule has 2 fully saturated rings. The van der Waals surface area contributed by atoms with Gasteiger partial charge in [0.2, 0.25) is 0 Å². The second-order valence-corrected chi connectivity index (χ2v) is 7.72. The van der Waals surface area contributed by atoms with E-state index >= 15 is 0 Å². The van der Waals surface area contributed by atoms with Crippen molar-refractivity contribution in [2.45, 2.75) is 56.8 Å². The Labute approximate surface area is 130 Å². The molecule has 4 nitrogen and oxygen atoms in total. The first-order valence-corrected chi connectivity index (χ1v) is 8.29. The van der Waals surface area contributed by atoms with Crippen molar-refractivity contribution in [3.05, 3.63) is 29.3 Å². The van der Waals surface area contributed by atoms with Crippen LogP contribution in [0.25, 0.3) is 0 Å². The molecule has 3 aliphatic rings. The Balaban J connectivity index is 1.77. The molecule has 4 N–H and O–H groups in total. The van der Waals surface area contributed by atoms with Crippen LogP contribution in [0.15, 0.2) is 18.2 Å². The number of rotatable bonds is 0. The van der Waals surface area contributed by atoms with Crippen LogP contribution in [0.3, 0.4) is 0 Å². The van der Waals surface area contributed by atoms with E-state index in [0.29, 0.717) is 18.8 Å². The molecule has 0 heterocycles. The fourth-order valence-electron chi connectivity index (χ4n) is 5.61. The Morgan fingerprint density at radius 3 is 2.64 bits per heavy atom. The van der Waals surface area contributed by atoms with Crippen LogP contribution in [0.1, 0.15) is 55.8 Å². The molecule has 0 radical (unpaired) electrons. The fourth-order valence-corrected chi connectivity index (χ4v) is 5.61. The third-order valence-electron chi connectivity index (χ3n) is 6.70. The average molecular weight is 304 g/mol. The number of aliphatic hydroxyl groups excluding tert-OH is 3. The zero-order valence-electron chi connectivity index (χ0n) is 12.8. The number of benzene rings is 1. The number of hydrogen-bond acceptors (Lipinski definition) is 4. The maximum Gasteiger partial charge on any atom is 0.115 e. The minimum absolute atomic E-state index is 0.0397. The first-order chi connectivity index (χ1) is 10.4. The zero-order chi connectivity index (χ0) is 15.6. The van der Waals surface area contributed by atoms with E-state index in [2.05, 4.69) is 6.92 Å². The molecule has 1 aromatic carbocycles. The minimum atomic E-state index is -0.601. The van der Waals surface area contributed by atoms with E-state index in [1.165, 1.54) is 0 Å². The predicted molar refractivity (Wildman–Crippen MR) is 81.4 cm³/mol. The van der Waals surface area contributed by atoms with Crippen molar-refractivity contribution in [2.75, 3.05) is 0 Å². The van der Waals surface area contributed by atoms with E-state index in [0.717, 1.165) is 24.0 Å². The summed E-state index contributed by atoms with van der Waals surface area (Å²) in [5.41, 5.74) is 1.70. The Bertz CT molecular complexity index is 601. The number of phenolic OH excluding ortho intramolecular Hbond substituents is 1. The van der Waals surface area contributed by atoms with Crippen LogP contribution in [0.5, 0.6) is 5.75 Å². The van der Waals surface area contributed by atoms with Crippen molar-refractivity contribution in [1.82, 2.24) is 0 Å². The summed E-state index contributed by atoms with van der Waals surface area (Å²) in [4.78, 5) is 0. The highest BCUT2D eigenvalue weighted by atomic mass is 16.3. The van der Waals surface area contributed by atoms with Crippen molar-refractivity contribution in [3.8, 4) is 5.75 Å². The fraction of sp³-hybridized carbons (Fsp3) is 0.667. The lowest BCUT2D eigenvalue weighted by atomic mass is 9.54. The average Bonchev–Trinajstić information content (AvgIpc) is 2.69. The third kappa shape index (κ3) is 1.81. The molecule has 3 aliphatic carbocycles. The second-order valence-electron chi connectivity index (χ2n) is 7.72. The Kier molecular flexibility index (Phi) is 3.09. The molecule has 4 heteroatoms.